The highest BCUT2D eigenvalue weighted by Crippen LogP contribution is 2.38. The molecular weight excluding hydrogens is 421 g/mol. The lowest BCUT2D eigenvalue weighted by atomic mass is 10.1. The van der Waals surface area contributed by atoms with Gasteiger partial charge >= 0.3 is 6.18 Å². The fourth-order valence-corrected chi connectivity index (χ4v) is 4.49. The van der Waals surface area contributed by atoms with Crippen LogP contribution in [0.1, 0.15) is 31.2 Å². The Morgan fingerprint density at radius 2 is 1.57 bits per heavy atom. The molecule has 3 rings (SSSR count). The summed E-state index contributed by atoms with van der Waals surface area (Å²) in [5, 5.41) is 4.98. The van der Waals surface area contributed by atoms with Gasteiger partial charge in [0.2, 0.25) is 15.9 Å². The summed E-state index contributed by atoms with van der Waals surface area (Å²) < 4.78 is 63.5. The number of likely N-dealkylation sites (tertiary alicyclic amines) is 1. The van der Waals surface area contributed by atoms with Gasteiger partial charge in [-0.05, 0) is 31.0 Å². The summed E-state index contributed by atoms with van der Waals surface area (Å²) in [5.74, 6) is 0.0684. The Morgan fingerprint density at radius 3 is 2.10 bits per heavy atom. The molecule has 0 atom stereocenters. The molecule has 30 heavy (non-hydrogen) atoms. The number of nitrogens with two attached hydrogens (primary N) is 1. The van der Waals surface area contributed by atoms with E-state index in [1.807, 2.05) is 9.80 Å². The number of primary sulfonamides is 1. The van der Waals surface area contributed by atoms with Crippen LogP contribution in [-0.2, 0) is 21.0 Å². The van der Waals surface area contributed by atoms with Gasteiger partial charge in [-0.15, -0.1) is 0 Å². The summed E-state index contributed by atoms with van der Waals surface area (Å²) >= 11 is 0. The predicted octanol–water partition coefficient (Wildman–Crippen LogP) is 1.88. The van der Waals surface area contributed by atoms with Gasteiger partial charge in [-0.3, -0.25) is 9.69 Å². The van der Waals surface area contributed by atoms with E-state index in [0.717, 1.165) is 50.9 Å². The monoisotopic (exact) mass is 448 g/mol. The first-order chi connectivity index (χ1) is 14.1. The molecule has 7 nitrogen and oxygen atoms in total. The minimum atomic E-state index is -4.71. The number of amides is 1. The number of benzene rings is 1. The van der Waals surface area contributed by atoms with Crippen LogP contribution >= 0.6 is 0 Å². The molecule has 0 aliphatic carbocycles. The summed E-state index contributed by atoms with van der Waals surface area (Å²) in [7, 11) is -4.24. The van der Waals surface area contributed by atoms with Crippen molar-refractivity contribution in [3.05, 3.63) is 23.8 Å². The van der Waals surface area contributed by atoms with Crippen LogP contribution in [0, 0.1) is 0 Å². The first-order valence-corrected chi connectivity index (χ1v) is 11.6. The molecule has 0 unspecified atom stereocenters. The van der Waals surface area contributed by atoms with Crippen molar-refractivity contribution in [2.24, 2.45) is 5.14 Å². The first-order valence-electron chi connectivity index (χ1n) is 10.0. The summed E-state index contributed by atoms with van der Waals surface area (Å²) in [6.07, 6.45) is -0.430. The van der Waals surface area contributed by atoms with Gasteiger partial charge < -0.3 is 9.80 Å². The standard InChI is InChI=1S/C19H27F3N4O3S/c20-19(21,22)16-13-15(30(23,28)29)5-6-17(16)25-11-9-24(10-12-25)14-18(27)26-7-3-1-2-4-8-26/h5-6,13H,1-4,7-12,14H2,(H2,23,28,29). The molecule has 0 bridgehead atoms. The smallest absolute Gasteiger partial charge is 0.368 e. The highest BCUT2D eigenvalue weighted by molar-refractivity contribution is 7.89. The van der Waals surface area contributed by atoms with Crippen molar-refractivity contribution >= 4 is 21.6 Å². The third-order valence-electron chi connectivity index (χ3n) is 5.63. The van der Waals surface area contributed by atoms with Crippen LogP contribution < -0.4 is 10.0 Å². The van der Waals surface area contributed by atoms with Crippen LogP contribution in [0.5, 0.6) is 0 Å². The van der Waals surface area contributed by atoms with Crippen molar-refractivity contribution in [3.8, 4) is 0 Å². The SMILES string of the molecule is NS(=O)(=O)c1ccc(N2CCN(CC(=O)N3CCCCCC3)CC2)c(C(F)(F)F)c1. The van der Waals surface area contributed by atoms with Crippen LogP contribution in [0.3, 0.4) is 0 Å². The minimum absolute atomic E-state index is 0.0684. The van der Waals surface area contributed by atoms with Gasteiger partial charge in [-0.2, -0.15) is 13.2 Å². The average Bonchev–Trinajstić information content (AvgIpc) is 2.96. The van der Waals surface area contributed by atoms with E-state index in [1.54, 1.807) is 4.90 Å². The highest BCUT2D eigenvalue weighted by atomic mass is 32.2. The Kier molecular flexibility index (Phi) is 6.93. The number of rotatable bonds is 4. The summed E-state index contributed by atoms with van der Waals surface area (Å²) in [4.78, 5) is 17.4. The van der Waals surface area contributed by atoms with Gasteiger partial charge in [-0.1, -0.05) is 12.8 Å². The molecule has 2 aliphatic heterocycles. The lowest BCUT2D eigenvalue weighted by Crippen LogP contribution is -2.50. The second-order valence-corrected chi connectivity index (χ2v) is 9.34. The van der Waals surface area contributed by atoms with Crippen LogP contribution in [0.4, 0.5) is 18.9 Å². The topological polar surface area (TPSA) is 87.0 Å². The molecule has 2 fully saturated rings. The molecule has 2 heterocycles. The number of hydrogen-bond donors (Lipinski definition) is 1. The second kappa shape index (κ2) is 9.11. The maximum absolute atomic E-state index is 13.5. The normalized spacial score (nSPS) is 19.6. The molecule has 2 saturated heterocycles. The second-order valence-electron chi connectivity index (χ2n) is 7.78. The van der Waals surface area contributed by atoms with E-state index in [1.165, 1.54) is 0 Å². The summed E-state index contributed by atoms with van der Waals surface area (Å²) in [5.41, 5.74) is -1.10. The minimum Gasteiger partial charge on any atom is -0.368 e. The van der Waals surface area contributed by atoms with Crippen molar-refractivity contribution < 1.29 is 26.4 Å². The average molecular weight is 449 g/mol. The Bertz CT molecular complexity index is 860. The van der Waals surface area contributed by atoms with Crippen molar-refractivity contribution in [1.82, 2.24) is 9.80 Å². The molecule has 11 heteroatoms. The van der Waals surface area contributed by atoms with E-state index in [4.69, 9.17) is 5.14 Å². The maximum atomic E-state index is 13.5. The molecule has 0 aromatic heterocycles. The number of anilines is 1. The van der Waals surface area contributed by atoms with Gasteiger partial charge in [0.05, 0.1) is 17.0 Å². The van der Waals surface area contributed by atoms with E-state index in [9.17, 15) is 26.4 Å². The molecular formula is C19H27F3N4O3S. The Labute approximate surface area is 174 Å². The quantitative estimate of drug-likeness (QED) is 0.760. The Hall–Kier alpha value is -1.85. The van der Waals surface area contributed by atoms with Crippen molar-refractivity contribution in [1.29, 1.82) is 0 Å². The Morgan fingerprint density at radius 1 is 0.967 bits per heavy atom. The van der Waals surface area contributed by atoms with E-state index >= 15 is 0 Å². The molecule has 1 amide bonds. The fourth-order valence-electron chi connectivity index (χ4n) is 3.95. The number of piperazine rings is 1. The van der Waals surface area contributed by atoms with Crippen LogP contribution in [0.2, 0.25) is 0 Å². The molecule has 2 aliphatic rings. The van der Waals surface area contributed by atoms with E-state index < -0.39 is 26.7 Å². The number of sulfonamides is 1. The lowest BCUT2D eigenvalue weighted by molar-refractivity contribution is -0.137. The summed E-state index contributed by atoms with van der Waals surface area (Å²) in [6, 6.07) is 2.83. The van der Waals surface area contributed by atoms with Gasteiger partial charge in [0.1, 0.15) is 0 Å². The third-order valence-corrected chi connectivity index (χ3v) is 6.54. The van der Waals surface area contributed by atoms with Crippen LogP contribution in [0.15, 0.2) is 23.1 Å². The predicted molar refractivity (Wildman–Crippen MR) is 107 cm³/mol. The number of carbonyl (C=O) groups is 1. The van der Waals surface area contributed by atoms with Crippen LogP contribution in [-0.4, -0.2) is 69.9 Å². The first kappa shape index (κ1) is 22.8. The van der Waals surface area contributed by atoms with Gasteiger partial charge in [0.25, 0.3) is 0 Å². The largest absolute Gasteiger partial charge is 0.418 e. The van der Waals surface area contributed by atoms with E-state index in [2.05, 4.69) is 0 Å². The van der Waals surface area contributed by atoms with Crippen molar-refractivity contribution in [2.45, 2.75) is 36.8 Å². The van der Waals surface area contributed by atoms with E-state index in [0.29, 0.717) is 32.2 Å². The highest BCUT2D eigenvalue weighted by Gasteiger charge is 2.36. The van der Waals surface area contributed by atoms with Gasteiger partial charge in [0.15, 0.2) is 0 Å². The van der Waals surface area contributed by atoms with Crippen molar-refractivity contribution in [3.63, 3.8) is 0 Å². The number of nitrogens with zero attached hydrogens (tertiary/aromatic N) is 3. The molecule has 1 aromatic carbocycles. The molecule has 2 N–H and O–H groups in total. The maximum Gasteiger partial charge on any atom is 0.418 e. The number of alkyl halides is 3. The zero-order valence-electron chi connectivity index (χ0n) is 16.7. The fraction of sp³-hybridized carbons (Fsp3) is 0.632. The number of halogens is 3. The zero-order valence-corrected chi connectivity index (χ0v) is 17.5. The van der Waals surface area contributed by atoms with Crippen molar-refractivity contribution in [2.75, 3.05) is 50.7 Å². The third kappa shape index (κ3) is 5.64. The zero-order chi connectivity index (χ0) is 21.9. The van der Waals surface area contributed by atoms with Crippen LogP contribution in [0.25, 0.3) is 0 Å². The molecule has 1 aromatic rings. The summed E-state index contributed by atoms with van der Waals surface area (Å²) in [6.45, 7) is 3.33. The Balaban J connectivity index is 1.66. The lowest BCUT2D eigenvalue weighted by Gasteiger charge is -2.37. The van der Waals surface area contributed by atoms with E-state index in [-0.39, 0.29) is 18.1 Å². The molecule has 168 valence electrons. The number of carbonyl (C=O) groups excluding carboxylic acids is 1. The number of hydrogen-bond acceptors (Lipinski definition) is 5. The molecule has 0 radical (unpaired) electrons. The van der Waals surface area contributed by atoms with Gasteiger partial charge in [0, 0.05) is 45.0 Å². The molecule has 0 saturated carbocycles. The van der Waals surface area contributed by atoms with Gasteiger partial charge in [-0.25, -0.2) is 13.6 Å². The molecule has 0 spiro atoms.